The molecule has 1 aliphatic rings. The molecular weight excluding hydrogens is 240 g/mol. The zero-order chi connectivity index (χ0) is 13.2. The molecule has 0 spiro atoms. The van der Waals surface area contributed by atoms with Gasteiger partial charge in [-0.2, -0.15) is 0 Å². The zero-order valence-corrected chi connectivity index (χ0v) is 10.4. The molecule has 96 valence electrons. The smallest absolute Gasteiger partial charge is 0.261 e. The molecule has 0 radical (unpaired) electrons. The number of rotatable bonds is 2. The van der Waals surface area contributed by atoms with Crippen molar-refractivity contribution in [3.8, 4) is 0 Å². The van der Waals surface area contributed by atoms with Crippen LogP contribution in [-0.4, -0.2) is 10.9 Å². The number of aromatic nitrogens is 1. The number of aromatic amines is 1. The second-order valence-electron chi connectivity index (χ2n) is 4.69. The van der Waals surface area contributed by atoms with E-state index in [0.717, 1.165) is 30.5 Å². The molecule has 0 atom stereocenters. The molecule has 1 aromatic carbocycles. The lowest BCUT2D eigenvalue weighted by molar-refractivity contribution is 0.102. The molecule has 0 aliphatic heterocycles. The zero-order valence-electron chi connectivity index (χ0n) is 10.4. The molecule has 0 saturated heterocycles. The van der Waals surface area contributed by atoms with E-state index in [1.165, 1.54) is 0 Å². The molecule has 1 aromatic heterocycles. The molecule has 1 aliphatic carbocycles. The fourth-order valence-electron chi connectivity index (χ4n) is 2.40. The maximum absolute atomic E-state index is 12.1. The van der Waals surface area contributed by atoms with Gasteiger partial charge in [-0.15, -0.1) is 0 Å². The highest BCUT2D eigenvalue weighted by molar-refractivity contribution is 6.04. The maximum atomic E-state index is 12.1. The van der Waals surface area contributed by atoms with Gasteiger partial charge in [0.1, 0.15) is 5.56 Å². The molecule has 1 heterocycles. The van der Waals surface area contributed by atoms with Crippen LogP contribution in [0.25, 0.3) is 0 Å². The number of carbonyl (C=O) groups excluding carboxylic acids is 1. The highest BCUT2D eigenvalue weighted by Gasteiger charge is 2.17. The predicted molar refractivity (Wildman–Crippen MR) is 73.5 cm³/mol. The first-order chi connectivity index (χ1) is 9.24. The van der Waals surface area contributed by atoms with E-state index >= 15 is 0 Å². The Morgan fingerprint density at radius 2 is 1.95 bits per heavy atom. The van der Waals surface area contributed by atoms with E-state index < -0.39 is 0 Å². The average molecular weight is 254 g/mol. The molecule has 1 amide bonds. The van der Waals surface area contributed by atoms with E-state index in [2.05, 4.69) is 10.3 Å². The van der Waals surface area contributed by atoms with Gasteiger partial charge in [0.25, 0.3) is 11.5 Å². The Hall–Kier alpha value is -2.36. The Morgan fingerprint density at radius 3 is 2.74 bits per heavy atom. The quantitative estimate of drug-likeness (QED) is 0.862. The van der Waals surface area contributed by atoms with E-state index in [-0.39, 0.29) is 17.0 Å². The molecule has 0 fully saturated rings. The Morgan fingerprint density at radius 1 is 1.16 bits per heavy atom. The molecule has 0 unspecified atom stereocenters. The summed E-state index contributed by atoms with van der Waals surface area (Å²) in [5.41, 5.74) is 2.62. The minimum atomic E-state index is -0.359. The van der Waals surface area contributed by atoms with E-state index in [4.69, 9.17) is 0 Å². The van der Waals surface area contributed by atoms with Crippen molar-refractivity contribution in [2.24, 2.45) is 0 Å². The molecule has 3 rings (SSSR count). The maximum Gasteiger partial charge on any atom is 0.261 e. The molecule has 4 heteroatoms. The third kappa shape index (κ3) is 2.29. The van der Waals surface area contributed by atoms with Gasteiger partial charge in [-0.1, -0.05) is 18.2 Å². The van der Waals surface area contributed by atoms with Crippen LogP contribution in [-0.2, 0) is 12.8 Å². The van der Waals surface area contributed by atoms with Gasteiger partial charge in [-0.05, 0) is 43.0 Å². The Balaban J connectivity index is 1.90. The summed E-state index contributed by atoms with van der Waals surface area (Å²) in [6.07, 6.45) is 2.86. The number of amides is 1. The number of benzene rings is 1. The first-order valence-corrected chi connectivity index (χ1v) is 6.35. The van der Waals surface area contributed by atoms with Crippen LogP contribution in [0.2, 0.25) is 0 Å². The van der Waals surface area contributed by atoms with Gasteiger partial charge in [0.05, 0.1) is 0 Å². The number of anilines is 1. The number of carbonyl (C=O) groups is 1. The number of hydrogen-bond acceptors (Lipinski definition) is 2. The SMILES string of the molecule is O=C(Nc1ccccc1)c1cc2c([nH]c1=O)CCC2. The Labute approximate surface area is 110 Å². The predicted octanol–water partition coefficient (Wildman–Crippen LogP) is 2.12. The van der Waals surface area contributed by atoms with Crippen LogP contribution < -0.4 is 10.9 Å². The van der Waals surface area contributed by atoms with Gasteiger partial charge in [-0.25, -0.2) is 0 Å². The first kappa shape index (κ1) is 11.7. The fourth-order valence-corrected chi connectivity index (χ4v) is 2.40. The van der Waals surface area contributed by atoms with Gasteiger partial charge in [-0.3, -0.25) is 9.59 Å². The van der Waals surface area contributed by atoms with Crippen LogP contribution >= 0.6 is 0 Å². The van der Waals surface area contributed by atoms with E-state index in [0.29, 0.717) is 5.69 Å². The number of H-pyrrole nitrogens is 1. The van der Waals surface area contributed by atoms with E-state index in [1.807, 2.05) is 18.2 Å². The average Bonchev–Trinajstić information content (AvgIpc) is 2.86. The number of nitrogens with one attached hydrogen (secondary N) is 2. The van der Waals surface area contributed by atoms with Gasteiger partial charge >= 0.3 is 0 Å². The van der Waals surface area contributed by atoms with Crippen molar-refractivity contribution in [1.29, 1.82) is 0 Å². The molecule has 0 bridgehead atoms. The summed E-state index contributed by atoms with van der Waals surface area (Å²) >= 11 is 0. The van der Waals surface area contributed by atoms with Gasteiger partial charge in [0.15, 0.2) is 0 Å². The molecule has 19 heavy (non-hydrogen) atoms. The van der Waals surface area contributed by atoms with Gasteiger partial charge in [0, 0.05) is 11.4 Å². The van der Waals surface area contributed by atoms with E-state index in [9.17, 15) is 9.59 Å². The van der Waals surface area contributed by atoms with Gasteiger partial charge in [0.2, 0.25) is 0 Å². The van der Waals surface area contributed by atoms with Crippen molar-refractivity contribution in [2.45, 2.75) is 19.3 Å². The lowest BCUT2D eigenvalue weighted by Gasteiger charge is -2.06. The summed E-state index contributed by atoms with van der Waals surface area (Å²) in [7, 11) is 0. The number of pyridine rings is 1. The fraction of sp³-hybridized carbons (Fsp3) is 0.200. The minimum Gasteiger partial charge on any atom is -0.325 e. The number of hydrogen-bond donors (Lipinski definition) is 2. The van der Waals surface area contributed by atoms with Crippen LogP contribution in [0.4, 0.5) is 5.69 Å². The standard InChI is InChI=1S/C15H14N2O2/c18-14(16-11-6-2-1-3-7-11)12-9-10-5-4-8-13(10)17-15(12)19/h1-3,6-7,9H,4-5,8H2,(H,16,18)(H,17,19). The highest BCUT2D eigenvalue weighted by Crippen LogP contribution is 2.19. The molecule has 2 N–H and O–H groups in total. The second-order valence-corrected chi connectivity index (χ2v) is 4.69. The number of aryl methyl sites for hydroxylation is 2. The first-order valence-electron chi connectivity index (χ1n) is 6.35. The van der Waals surface area contributed by atoms with Crippen molar-refractivity contribution >= 4 is 11.6 Å². The number of para-hydroxylation sites is 1. The number of fused-ring (bicyclic) bond motifs is 1. The van der Waals surface area contributed by atoms with Crippen molar-refractivity contribution < 1.29 is 4.79 Å². The Bertz CT molecular complexity index is 674. The van der Waals surface area contributed by atoms with Gasteiger partial charge < -0.3 is 10.3 Å². The van der Waals surface area contributed by atoms with Crippen molar-refractivity contribution in [2.75, 3.05) is 5.32 Å². The van der Waals surface area contributed by atoms with Crippen LogP contribution in [0, 0.1) is 0 Å². The minimum absolute atomic E-state index is 0.185. The van der Waals surface area contributed by atoms with Crippen LogP contribution in [0.5, 0.6) is 0 Å². The summed E-state index contributed by atoms with van der Waals surface area (Å²) in [6, 6.07) is 10.8. The van der Waals surface area contributed by atoms with Crippen LogP contribution in [0.15, 0.2) is 41.2 Å². The summed E-state index contributed by atoms with van der Waals surface area (Å²) in [5.74, 6) is -0.359. The third-order valence-corrected chi connectivity index (χ3v) is 3.36. The van der Waals surface area contributed by atoms with Crippen LogP contribution in [0.3, 0.4) is 0 Å². The lowest BCUT2D eigenvalue weighted by atomic mass is 10.1. The monoisotopic (exact) mass is 254 g/mol. The topological polar surface area (TPSA) is 62.0 Å². The van der Waals surface area contributed by atoms with Crippen molar-refractivity contribution in [3.05, 3.63) is 63.6 Å². The summed E-state index contributed by atoms with van der Waals surface area (Å²) in [6.45, 7) is 0. The normalized spacial score (nSPS) is 13.1. The molecule has 0 saturated carbocycles. The molecular formula is C15H14N2O2. The van der Waals surface area contributed by atoms with E-state index in [1.54, 1.807) is 18.2 Å². The van der Waals surface area contributed by atoms with Crippen LogP contribution in [0.1, 0.15) is 28.0 Å². The van der Waals surface area contributed by atoms with Crippen molar-refractivity contribution in [1.82, 2.24) is 4.98 Å². The molecule has 2 aromatic rings. The summed E-state index contributed by atoms with van der Waals surface area (Å²) in [5, 5.41) is 2.73. The van der Waals surface area contributed by atoms with Crippen molar-refractivity contribution in [3.63, 3.8) is 0 Å². The third-order valence-electron chi connectivity index (χ3n) is 3.36. The second kappa shape index (κ2) is 4.72. The molecule has 4 nitrogen and oxygen atoms in total. The highest BCUT2D eigenvalue weighted by atomic mass is 16.2. The lowest BCUT2D eigenvalue weighted by Crippen LogP contribution is -2.24. The summed E-state index contributed by atoms with van der Waals surface area (Å²) < 4.78 is 0. The summed E-state index contributed by atoms with van der Waals surface area (Å²) in [4.78, 5) is 26.8. The largest absolute Gasteiger partial charge is 0.325 e. The Kier molecular flexibility index (Phi) is 2.91.